The van der Waals surface area contributed by atoms with Crippen LogP contribution in [0.15, 0.2) is 42.5 Å². The Bertz CT molecular complexity index is 1230. The van der Waals surface area contributed by atoms with Gasteiger partial charge in [-0.1, -0.05) is 19.9 Å². The minimum Gasteiger partial charge on any atom is -0.461 e. The number of hydrogen-bond donors (Lipinski definition) is 0. The molecule has 0 radical (unpaired) electrons. The van der Waals surface area contributed by atoms with Gasteiger partial charge >= 0.3 is 0 Å². The van der Waals surface area contributed by atoms with E-state index in [1.165, 1.54) is 6.92 Å². The molecule has 176 valence electrons. The first kappa shape index (κ1) is 23.4. The summed E-state index contributed by atoms with van der Waals surface area (Å²) in [6.45, 7) is 6.87. The van der Waals surface area contributed by atoms with E-state index in [-0.39, 0.29) is 29.6 Å². The molecule has 2 atom stereocenters. The Labute approximate surface area is 193 Å². The first-order valence-corrected chi connectivity index (χ1v) is 12.8. The molecule has 2 aliphatic rings. The number of Topliss-reactive ketones (excluding diaryl/α,β-unsaturated/α-hetero) is 1. The van der Waals surface area contributed by atoms with Gasteiger partial charge in [0.1, 0.15) is 5.75 Å². The molecule has 4 rings (SSSR count). The number of benzene rings is 2. The maximum absolute atomic E-state index is 13.5. The standard InChI is InChI=1S/C25H28FNO5S/c1-5-25(4)20-11-17(22(28)13-24(3)14-33(30,31)15-24)9-10-21(20)27(23(25)29)18-7-6-8-19(12-18)32-16(2)26/h6-12,16H,5,13-15H2,1-4H3/t16?,25-/m1/s1. The van der Waals surface area contributed by atoms with Crippen LogP contribution in [-0.2, 0) is 20.0 Å². The second-order valence-corrected chi connectivity index (χ2v) is 11.7. The van der Waals surface area contributed by atoms with E-state index in [2.05, 4.69) is 0 Å². The molecule has 1 fully saturated rings. The van der Waals surface area contributed by atoms with Gasteiger partial charge < -0.3 is 4.74 Å². The van der Waals surface area contributed by atoms with E-state index in [1.807, 2.05) is 20.8 Å². The Balaban J connectivity index is 1.69. The van der Waals surface area contributed by atoms with E-state index in [4.69, 9.17) is 4.74 Å². The number of ether oxygens (including phenoxy) is 1. The van der Waals surface area contributed by atoms with Crippen molar-refractivity contribution in [1.29, 1.82) is 0 Å². The molecule has 0 N–H and O–H groups in total. The number of sulfone groups is 1. The number of ketones is 1. The van der Waals surface area contributed by atoms with Crippen molar-refractivity contribution >= 4 is 32.9 Å². The molecule has 2 aromatic carbocycles. The zero-order chi connectivity index (χ0) is 24.2. The molecule has 1 unspecified atom stereocenters. The summed E-state index contributed by atoms with van der Waals surface area (Å²) < 4.78 is 41.7. The molecule has 1 saturated heterocycles. The van der Waals surface area contributed by atoms with Crippen molar-refractivity contribution in [1.82, 2.24) is 0 Å². The van der Waals surface area contributed by atoms with Gasteiger partial charge in [-0.05, 0) is 49.2 Å². The Morgan fingerprint density at radius 2 is 1.88 bits per heavy atom. The third-order valence-electron chi connectivity index (χ3n) is 6.63. The van der Waals surface area contributed by atoms with Crippen molar-refractivity contribution in [3.8, 4) is 5.75 Å². The summed E-state index contributed by atoms with van der Waals surface area (Å²) in [4.78, 5) is 28.1. The molecule has 6 nitrogen and oxygen atoms in total. The number of carbonyl (C=O) groups excluding carboxylic acids is 2. The summed E-state index contributed by atoms with van der Waals surface area (Å²) in [7, 11) is -3.04. The molecule has 2 aliphatic heterocycles. The number of alkyl halides is 1. The molecular formula is C25H28FNO5S. The quantitative estimate of drug-likeness (QED) is 0.543. The molecule has 33 heavy (non-hydrogen) atoms. The lowest BCUT2D eigenvalue weighted by molar-refractivity contribution is -0.122. The molecule has 2 heterocycles. The molecule has 0 bridgehead atoms. The average Bonchev–Trinajstić information content (AvgIpc) is 2.93. The highest BCUT2D eigenvalue weighted by molar-refractivity contribution is 7.92. The summed E-state index contributed by atoms with van der Waals surface area (Å²) in [6.07, 6.45) is -0.809. The lowest BCUT2D eigenvalue weighted by Crippen LogP contribution is -2.47. The minimum atomic E-state index is -3.04. The van der Waals surface area contributed by atoms with Crippen LogP contribution in [0, 0.1) is 5.41 Å². The van der Waals surface area contributed by atoms with E-state index in [1.54, 1.807) is 47.4 Å². The van der Waals surface area contributed by atoms with Crippen LogP contribution in [0.3, 0.4) is 0 Å². The summed E-state index contributed by atoms with van der Waals surface area (Å²) in [5, 5.41) is 0. The summed E-state index contributed by atoms with van der Waals surface area (Å²) >= 11 is 0. The summed E-state index contributed by atoms with van der Waals surface area (Å²) in [6, 6.07) is 11.9. The number of hydrogen-bond acceptors (Lipinski definition) is 5. The summed E-state index contributed by atoms with van der Waals surface area (Å²) in [5.41, 5.74) is 1.07. The van der Waals surface area contributed by atoms with Gasteiger partial charge in [-0.2, -0.15) is 0 Å². The zero-order valence-corrected chi connectivity index (χ0v) is 20.0. The molecular weight excluding hydrogens is 445 g/mol. The van der Waals surface area contributed by atoms with E-state index in [9.17, 15) is 22.4 Å². The highest BCUT2D eigenvalue weighted by Gasteiger charge is 2.48. The number of carbonyl (C=O) groups is 2. The molecule has 2 aromatic rings. The predicted molar refractivity (Wildman–Crippen MR) is 125 cm³/mol. The largest absolute Gasteiger partial charge is 0.461 e. The average molecular weight is 474 g/mol. The predicted octanol–water partition coefficient (Wildman–Crippen LogP) is 4.73. The number of fused-ring (bicyclic) bond motifs is 1. The Morgan fingerprint density at radius 3 is 2.48 bits per heavy atom. The second kappa shape index (κ2) is 7.94. The Kier molecular flexibility index (Phi) is 5.63. The number of amides is 1. The molecule has 8 heteroatoms. The molecule has 1 amide bonds. The molecule has 0 saturated carbocycles. The fourth-order valence-electron chi connectivity index (χ4n) is 4.91. The van der Waals surface area contributed by atoms with E-state index in [0.29, 0.717) is 29.1 Å². The Morgan fingerprint density at radius 1 is 1.18 bits per heavy atom. The Hall–Kier alpha value is -2.74. The van der Waals surface area contributed by atoms with Crippen LogP contribution in [0.1, 0.15) is 56.5 Å². The van der Waals surface area contributed by atoms with Gasteiger partial charge in [-0.3, -0.25) is 14.5 Å². The maximum Gasteiger partial charge on any atom is 0.241 e. The molecule has 0 aliphatic carbocycles. The SMILES string of the molecule is CC[C@@]1(C)C(=O)N(c2cccc(OC(C)F)c2)c2ccc(C(=O)CC3(C)CS(=O)(=O)C3)cc21. The first-order chi connectivity index (χ1) is 15.4. The lowest BCUT2D eigenvalue weighted by atomic mass is 9.79. The fourth-order valence-corrected chi connectivity index (χ4v) is 7.15. The van der Waals surface area contributed by atoms with Gasteiger partial charge in [0, 0.05) is 30.4 Å². The van der Waals surface area contributed by atoms with Crippen LogP contribution >= 0.6 is 0 Å². The van der Waals surface area contributed by atoms with Crippen molar-refractivity contribution in [3.05, 3.63) is 53.6 Å². The van der Waals surface area contributed by atoms with Crippen molar-refractivity contribution in [3.63, 3.8) is 0 Å². The van der Waals surface area contributed by atoms with Gasteiger partial charge in [0.15, 0.2) is 15.6 Å². The van der Waals surface area contributed by atoms with Crippen LogP contribution in [0.2, 0.25) is 0 Å². The molecule has 0 spiro atoms. The van der Waals surface area contributed by atoms with E-state index < -0.39 is 27.0 Å². The molecule has 0 aromatic heterocycles. The highest BCUT2D eigenvalue weighted by atomic mass is 32.2. The van der Waals surface area contributed by atoms with Crippen LogP contribution in [-0.4, -0.2) is 38.0 Å². The first-order valence-electron chi connectivity index (χ1n) is 11.0. The minimum absolute atomic E-state index is 0.0194. The van der Waals surface area contributed by atoms with Crippen molar-refractivity contribution < 1.29 is 27.1 Å². The third-order valence-corrected chi connectivity index (χ3v) is 8.91. The lowest BCUT2D eigenvalue weighted by Gasteiger charge is -2.37. The van der Waals surface area contributed by atoms with E-state index >= 15 is 0 Å². The smallest absolute Gasteiger partial charge is 0.241 e. The van der Waals surface area contributed by atoms with Crippen molar-refractivity contribution in [2.24, 2.45) is 5.41 Å². The third kappa shape index (κ3) is 4.16. The van der Waals surface area contributed by atoms with Gasteiger partial charge in [-0.15, -0.1) is 0 Å². The van der Waals surface area contributed by atoms with Gasteiger partial charge in [0.25, 0.3) is 0 Å². The van der Waals surface area contributed by atoms with Crippen LogP contribution in [0.5, 0.6) is 5.75 Å². The van der Waals surface area contributed by atoms with E-state index in [0.717, 1.165) is 5.56 Å². The van der Waals surface area contributed by atoms with Crippen molar-refractivity contribution in [2.45, 2.75) is 52.3 Å². The fraction of sp³-hybridized carbons (Fsp3) is 0.440. The second-order valence-electron chi connectivity index (χ2n) is 9.66. The number of halogens is 1. The van der Waals surface area contributed by atoms with Crippen LogP contribution < -0.4 is 9.64 Å². The number of anilines is 2. The normalized spacial score (nSPS) is 23.5. The summed E-state index contributed by atoms with van der Waals surface area (Å²) in [5.74, 6) is 0.0910. The maximum atomic E-state index is 13.5. The highest BCUT2D eigenvalue weighted by Crippen LogP contribution is 2.48. The monoisotopic (exact) mass is 473 g/mol. The van der Waals surface area contributed by atoms with Crippen LogP contribution in [0.4, 0.5) is 15.8 Å². The topological polar surface area (TPSA) is 80.8 Å². The van der Waals surface area contributed by atoms with Crippen molar-refractivity contribution in [2.75, 3.05) is 16.4 Å². The van der Waals surface area contributed by atoms with Gasteiger partial charge in [0.05, 0.1) is 28.3 Å². The van der Waals surface area contributed by atoms with Crippen LogP contribution in [0.25, 0.3) is 0 Å². The number of nitrogens with zero attached hydrogens (tertiary/aromatic N) is 1. The van der Waals surface area contributed by atoms with Gasteiger partial charge in [-0.25, -0.2) is 12.8 Å². The number of rotatable bonds is 7. The van der Waals surface area contributed by atoms with Gasteiger partial charge in [0.2, 0.25) is 12.3 Å². The zero-order valence-electron chi connectivity index (χ0n) is 19.2.